The summed E-state index contributed by atoms with van der Waals surface area (Å²) in [6, 6.07) is 29.3. The average Bonchev–Trinajstić information content (AvgIpc) is 2.84. The molecule has 0 aliphatic carbocycles. The Kier molecular flexibility index (Phi) is 7.87. The van der Waals surface area contributed by atoms with Crippen LogP contribution in [0.3, 0.4) is 0 Å². The van der Waals surface area contributed by atoms with Crippen LogP contribution < -0.4 is 0 Å². The Morgan fingerprint density at radius 3 is 1.39 bits per heavy atom. The van der Waals surface area contributed by atoms with Crippen LogP contribution in [0.25, 0.3) is 21.5 Å². The van der Waals surface area contributed by atoms with Gasteiger partial charge in [0, 0.05) is 38.0 Å². The molecule has 1 fully saturated rings. The van der Waals surface area contributed by atoms with Crippen molar-refractivity contribution in [2.75, 3.05) is 27.2 Å². The molecule has 33 heavy (non-hydrogen) atoms. The van der Waals surface area contributed by atoms with E-state index in [1.807, 2.05) is 0 Å². The van der Waals surface area contributed by atoms with Crippen LogP contribution >= 0.6 is 20.4 Å². The van der Waals surface area contributed by atoms with Gasteiger partial charge in [0.05, 0.1) is 11.4 Å². The van der Waals surface area contributed by atoms with E-state index in [4.69, 9.17) is 30.4 Å². The van der Waals surface area contributed by atoms with Crippen molar-refractivity contribution in [1.29, 1.82) is 0 Å². The zero-order chi connectivity index (χ0) is 23.2. The first kappa shape index (κ1) is 23.6. The van der Waals surface area contributed by atoms with Gasteiger partial charge in [-0.05, 0) is 22.9 Å². The first-order chi connectivity index (χ1) is 16.1. The molecule has 0 bridgehead atoms. The number of aliphatic imine (C=N–C) groups is 2. The zero-order valence-electron chi connectivity index (χ0n) is 18.4. The second-order valence-corrected chi connectivity index (χ2v) is 9.39. The molecule has 4 aromatic rings. The van der Waals surface area contributed by atoms with Crippen molar-refractivity contribution in [3.63, 3.8) is 0 Å². The summed E-state index contributed by atoms with van der Waals surface area (Å²) >= 11 is 0.569. The third kappa shape index (κ3) is 5.33. The molecule has 0 amide bonds. The summed E-state index contributed by atoms with van der Waals surface area (Å²) in [4.78, 5) is 14.6. The van der Waals surface area contributed by atoms with Crippen LogP contribution in [0.15, 0.2) is 94.9 Å². The first-order valence-corrected chi connectivity index (χ1v) is 13.2. The van der Waals surface area contributed by atoms with Crippen molar-refractivity contribution in [3.05, 3.63) is 84.9 Å². The van der Waals surface area contributed by atoms with E-state index in [-0.39, 0.29) is 0 Å². The van der Waals surface area contributed by atoms with Gasteiger partial charge in [0.1, 0.15) is 0 Å². The molecule has 1 heterocycles. The maximum atomic E-state index is 5.11. The van der Waals surface area contributed by atoms with Crippen molar-refractivity contribution < 1.29 is 12.7 Å². The van der Waals surface area contributed by atoms with Gasteiger partial charge in [-0.25, -0.2) is 9.98 Å². The fourth-order valence-electron chi connectivity index (χ4n) is 3.96. The van der Waals surface area contributed by atoms with Crippen LogP contribution in [0, 0.1) is 0 Å². The molecule has 5 rings (SSSR count). The van der Waals surface area contributed by atoms with Gasteiger partial charge in [0.2, 0.25) is 0 Å². The number of fused-ring (bicyclic) bond motifs is 2. The van der Waals surface area contributed by atoms with E-state index in [9.17, 15) is 0 Å². The molecule has 1 aliphatic rings. The van der Waals surface area contributed by atoms with E-state index < -0.39 is 0 Å². The van der Waals surface area contributed by atoms with Crippen molar-refractivity contribution in [3.8, 4) is 0 Å². The van der Waals surface area contributed by atoms with Gasteiger partial charge in [0.25, 0.3) is 0 Å². The number of benzene rings is 4. The van der Waals surface area contributed by atoms with Gasteiger partial charge in [-0.15, -0.1) is 0 Å². The molecule has 0 atom stereocenters. The van der Waals surface area contributed by atoms with E-state index in [1.165, 1.54) is 10.8 Å². The molecule has 0 N–H and O–H groups in total. The summed E-state index contributed by atoms with van der Waals surface area (Å²) in [5.74, 6) is 1.79. The number of nitrogens with zero attached hydrogens (tertiary/aromatic N) is 4. The van der Waals surface area contributed by atoms with Crippen LogP contribution in [-0.4, -0.2) is 48.7 Å². The Balaban J connectivity index is 0.000000821. The summed E-state index contributed by atoms with van der Waals surface area (Å²) in [5, 5.41) is 4.69. The Bertz CT molecular complexity index is 1210. The number of hydrogen-bond donors (Lipinski definition) is 0. The fraction of sp³-hybridized carbons (Fsp3) is 0.154. The van der Waals surface area contributed by atoms with E-state index >= 15 is 0 Å². The van der Waals surface area contributed by atoms with E-state index in [1.54, 1.807) is 0 Å². The summed E-state index contributed by atoms with van der Waals surface area (Å²) < 4.78 is 0. The summed E-state index contributed by atoms with van der Waals surface area (Å²) in [5.41, 5.74) is 1.94. The standard InChI is InChI=1S/C26H24N4.2ClH.Ni/c1-29-17-18-30(2)26(28-24-16-8-12-20-10-4-6-14-22(20)24)25(29)27-23-15-7-11-19-9-3-5-13-21(19)23;;;/h3-16H,17-18H2,1-2H3;2*1H;/q;;;+2/p-2. The molecule has 172 valence electrons. The summed E-state index contributed by atoms with van der Waals surface area (Å²) in [6.45, 7) is 1.82. The molecule has 7 heteroatoms. The number of rotatable bonds is 2. The van der Waals surface area contributed by atoms with Crippen LogP contribution in [0.5, 0.6) is 0 Å². The number of piperazine rings is 1. The molecule has 4 aromatic carbocycles. The first-order valence-electron chi connectivity index (χ1n) is 10.5. The fourth-order valence-corrected chi connectivity index (χ4v) is 3.96. The number of halogens is 2. The predicted octanol–water partition coefficient (Wildman–Crippen LogP) is 7.01. The van der Waals surface area contributed by atoms with Crippen LogP contribution in [0.4, 0.5) is 11.4 Å². The summed E-state index contributed by atoms with van der Waals surface area (Å²) in [7, 11) is 13.6. The number of likely N-dealkylation sites (N-methyl/N-ethyl adjacent to an activating group) is 2. The average molecular weight is 522 g/mol. The second kappa shape index (κ2) is 11.0. The van der Waals surface area contributed by atoms with Gasteiger partial charge in [-0.3, -0.25) is 0 Å². The number of amidine groups is 2. The van der Waals surface area contributed by atoms with E-state index in [0.717, 1.165) is 46.9 Å². The van der Waals surface area contributed by atoms with Gasteiger partial charge >= 0.3 is 33.0 Å². The van der Waals surface area contributed by atoms with Gasteiger partial charge in [-0.2, -0.15) is 0 Å². The Morgan fingerprint density at radius 2 is 0.970 bits per heavy atom. The van der Waals surface area contributed by atoms with E-state index in [0.29, 0.717) is 12.7 Å². The Labute approximate surface area is 208 Å². The zero-order valence-corrected chi connectivity index (χ0v) is 20.9. The normalized spacial score (nSPS) is 16.5. The van der Waals surface area contributed by atoms with Crippen LogP contribution in [-0.2, 0) is 12.7 Å². The van der Waals surface area contributed by atoms with Crippen LogP contribution in [0.2, 0.25) is 0 Å². The molecule has 0 aromatic heterocycles. The van der Waals surface area contributed by atoms with Crippen molar-refractivity contribution >= 4 is 65.0 Å². The molecule has 1 aliphatic heterocycles. The minimum atomic E-state index is 0.569. The molecule has 4 nitrogen and oxygen atoms in total. The monoisotopic (exact) mass is 520 g/mol. The van der Waals surface area contributed by atoms with Crippen LogP contribution in [0.1, 0.15) is 0 Å². The molecule has 0 saturated carbocycles. The Morgan fingerprint density at radius 1 is 0.606 bits per heavy atom. The van der Waals surface area contributed by atoms with Gasteiger partial charge < -0.3 is 9.80 Å². The molecule has 0 spiro atoms. The molecule has 0 unspecified atom stereocenters. The Hall–Kier alpha value is -2.59. The quantitative estimate of drug-likeness (QED) is 0.266. The minimum absolute atomic E-state index is 0.569. The van der Waals surface area contributed by atoms with Gasteiger partial charge in [-0.1, -0.05) is 72.8 Å². The molecule has 1 saturated heterocycles. The third-order valence-corrected chi connectivity index (χ3v) is 5.68. The van der Waals surface area contributed by atoms with Crippen molar-refractivity contribution in [1.82, 2.24) is 9.80 Å². The van der Waals surface area contributed by atoms with E-state index in [2.05, 4.69) is 109 Å². The topological polar surface area (TPSA) is 31.2 Å². The summed E-state index contributed by atoms with van der Waals surface area (Å²) in [6.07, 6.45) is 0. The van der Waals surface area contributed by atoms with Crippen molar-refractivity contribution in [2.24, 2.45) is 9.98 Å². The maximum absolute atomic E-state index is 5.11. The predicted molar refractivity (Wildman–Crippen MR) is 139 cm³/mol. The second-order valence-electron chi connectivity index (χ2n) is 7.76. The third-order valence-electron chi connectivity index (χ3n) is 5.68. The molecular formula is C26H24Cl2N4Ni. The molecule has 0 radical (unpaired) electrons. The van der Waals surface area contributed by atoms with Crippen molar-refractivity contribution in [2.45, 2.75) is 0 Å². The number of hydrogen-bond acceptors (Lipinski definition) is 2. The van der Waals surface area contributed by atoms with Gasteiger partial charge in [0.15, 0.2) is 11.7 Å². The molecular weight excluding hydrogens is 498 g/mol. The SMILES string of the molecule is CN1CCN(C)C(=Nc2cccc3ccccc23)C1=Nc1cccc2ccccc12.[Cl][Ni][Cl].